The lowest BCUT2D eigenvalue weighted by Gasteiger charge is -2.41. The molecule has 0 aliphatic carbocycles. The molecule has 90 valence electrons. The second kappa shape index (κ2) is 4.81. The fraction of sp³-hybridized carbons (Fsp3) is 1.00. The Morgan fingerprint density at radius 1 is 1.60 bits per heavy atom. The summed E-state index contributed by atoms with van der Waals surface area (Å²) in [5, 5.41) is 0. The van der Waals surface area contributed by atoms with E-state index in [2.05, 4.69) is 44.7 Å². The van der Waals surface area contributed by atoms with Crippen molar-refractivity contribution in [2.24, 2.45) is 5.73 Å². The van der Waals surface area contributed by atoms with Crippen LogP contribution in [-0.4, -0.2) is 54.6 Å². The summed E-state index contributed by atoms with van der Waals surface area (Å²) in [6.45, 7) is 8.70. The summed E-state index contributed by atoms with van der Waals surface area (Å²) in [5.74, 6) is 0. The van der Waals surface area contributed by atoms with Crippen LogP contribution in [0.1, 0.15) is 33.6 Å². The van der Waals surface area contributed by atoms with Gasteiger partial charge in [0.05, 0.1) is 0 Å². The zero-order valence-corrected chi connectivity index (χ0v) is 11.0. The predicted octanol–water partition coefficient (Wildman–Crippen LogP) is 1.14. The SMILES string of the molecule is CCC(C)N(C)C1(CN)CC(C)N(C)C1. The third-order valence-corrected chi connectivity index (χ3v) is 4.35. The molecule has 0 aromatic heterocycles. The molecule has 1 heterocycles. The van der Waals surface area contributed by atoms with Crippen molar-refractivity contribution in [1.29, 1.82) is 0 Å². The van der Waals surface area contributed by atoms with Crippen molar-refractivity contribution in [1.82, 2.24) is 9.80 Å². The minimum absolute atomic E-state index is 0.198. The van der Waals surface area contributed by atoms with Crippen LogP contribution in [0, 0.1) is 0 Å². The number of likely N-dealkylation sites (tertiary alicyclic amines) is 1. The van der Waals surface area contributed by atoms with Crippen LogP contribution in [0.3, 0.4) is 0 Å². The average molecular weight is 213 g/mol. The molecule has 2 N–H and O–H groups in total. The summed E-state index contributed by atoms with van der Waals surface area (Å²) in [5.41, 5.74) is 6.22. The lowest BCUT2D eigenvalue weighted by Crippen LogP contribution is -2.56. The van der Waals surface area contributed by atoms with E-state index in [9.17, 15) is 0 Å². The molecule has 1 aliphatic heterocycles. The van der Waals surface area contributed by atoms with Gasteiger partial charge in [-0.05, 0) is 40.8 Å². The first-order valence-corrected chi connectivity index (χ1v) is 6.10. The molecule has 0 saturated carbocycles. The summed E-state index contributed by atoms with van der Waals surface area (Å²) >= 11 is 0. The van der Waals surface area contributed by atoms with Gasteiger partial charge >= 0.3 is 0 Å². The van der Waals surface area contributed by atoms with Gasteiger partial charge in [-0.3, -0.25) is 4.90 Å². The van der Waals surface area contributed by atoms with Crippen molar-refractivity contribution >= 4 is 0 Å². The van der Waals surface area contributed by atoms with Crippen LogP contribution in [0.4, 0.5) is 0 Å². The van der Waals surface area contributed by atoms with Crippen LogP contribution in [0.25, 0.3) is 0 Å². The number of nitrogens with zero attached hydrogens (tertiary/aromatic N) is 2. The maximum Gasteiger partial charge on any atom is 0.0472 e. The first-order valence-electron chi connectivity index (χ1n) is 6.10. The number of likely N-dealkylation sites (N-methyl/N-ethyl adjacent to an activating group) is 2. The molecule has 0 radical (unpaired) electrons. The molecular weight excluding hydrogens is 186 g/mol. The number of rotatable bonds is 4. The van der Waals surface area contributed by atoms with E-state index in [1.807, 2.05) is 0 Å². The highest BCUT2D eigenvalue weighted by Gasteiger charge is 2.43. The van der Waals surface area contributed by atoms with Gasteiger partial charge in [0.2, 0.25) is 0 Å². The molecule has 0 bridgehead atoms. The molecular formula is C12H27N3. The number of nitrogens with two attached hydrogens (primary N) is 1. The summed E-state index contributed by atoms with van der Waals surface area (Å²) in [6.07, 6.45) is 2.39. The largest absolute Gasteiger partial charge is 0.329 e. The van der Waals surface area contributed by atoms with E-state index in [0.29, 0.717) is 12.1 Å². The van der Waals surface area contributed by atoms with Gasteiger partial charge in [0.25, 0.3) is 0 Å². The van der Waals surface area contributed by atoms with Gasteiger partial charge in [-0.1, -0.05) is 6.92 Å². The van der Waals surface area contributed by atoms with E-state index in [0.717, 1.165) is 13.1 Å². The zero-order chi connectivity index (χ0) is 11.6. The highest BCUT2D eigenvalue weighted by atomic mass is 15.3. The van der Waals surface area contributed by atoms with Crippen molar-refractivity contribution in [2.75, 3.05) is 27.2 Å². The highest BCUT2D eigenvalue weighted by molar-refractivity contribution is 5.02. The first-order chi connectivity index (χ1) is 6.96. The van der Waals surface area contributed by atoms with E-state index in [1.54, 1.807) is 0 Å². The molecule has 3 unspecified atom stereocenters. The Labute approximate surface area is 94.6 Å². The van der Waals surface area contributed by atoms with Gasteiger partial charge in [-0.25, -0.2) is 0 Å². The van der Waals surface area contributed by atoms with Crippen LogP contribution in [0.15, 0.2) is 0 Å². The molecule has 1 saturated heterocycles. The molecule has 0 amide bonds. The monoisotopic (exact) mass is 213 g/mol. The van der Waals surface area contributed by atoms with Crippen LogP contribution < -0.4 is 5.73 Å². The molecule has 0 aromatic carbocycles. The number of hydrogen-bond acceptors (Lipinski definition) is 3. The molecule has 0 aromatic rings. The first kappa shape index (κ1) is 12.9. The van der Waals surface area contributed by atoms with Crippen molar-refractivity contribution in [2.45, 2.75) is 51.2 Å². The van der Waals surface area contributed by atoms with E-state index >= 15 is 0 Å². The molecule has 1 aliphatic rings. The Balaban J connectivity index is 2.78. The van der Waals surface area contributed by atoms with Crippen LogP contribution >= 0.6 is 0 Å². The van der Waals surface area contributed by atoms with E-state index in [4.69, 9.17) is 5.73 Å². The molecule has 3 atom stereocenters. The lowest BCUT2D eigenvalue weighted by molar-refractivity contribution is 0.0902. The maximum absolute atomic E-state index is 6.02. The van der Waals surface area contributed by atoms with E-state index in [1.165, 1.54) is 12.8 Å². The summed E-state index contributed by atoms with van der Waals surface area (Å²) in [4.78, 5) is 4.92. The van der Waals surface area contributed by atoms with Gasteiger partial charge in [0.15, 0.2) is 0 Å². The lowest BCUT2D eigenvalue weighted by atomic mass is 9.92. The van der Waals surface area contributed by atoms with Crippen molar-refractivity contribution in [3.63, 3.8) is 0 Å². The predicted molar refractivity (Wildman–Crippen MR) is 66.0 cm³/mol. The fourth-order valence-electron chi connectivity index (χ4n) is 2.68. The Bertz CT molecular complexity index is 195. The molecule has 0 spiro atoms. The molecule has 3 heteroatoms. The second-order valence-electron chi connectivity index (χ2n) is 5.26. The molecule has 15 heavy (non-hydrogen) atoms. The normalized spacial score (nSPS) is 35.0. The van der Waals surface area contributed by atoms with Gasteiger partial charge in [0, 0.05) is 30.7 Å². The van der Waals surface area contributed by atoms with Crippen molar-refractivity contribution in [3.05, 3.63) is 0 Å². The Morgan fingerprint density at radius 3 is 2.53 bits per heavy atom. The smallest absolute Gasteiger partial charge is 0.0472 e. The number of hydrogen-bond donors (Lipinski definition) is 1. The van der Waals surface area contributed by atoms with Crippen LogP contribution in [0.5, 0.6) is 0 Å². The van der Waals surface area contributed by atoms with Gasteiger partial charge in [-0.15, -0.1) is 0 Å². The maximum atomic E-state index is 6.02. The topological polar surface area (TPSA) is 32.5 Å². The average Bonchev–Trinajstić information content (AvgIpc) is 2.53. The Kier molecular flexibility index (Phi) is 4.15. The van der Waals surface area contributed by atoms with Gasteiger partial charge in [-0.2, -0.15) is 0 Å². The molecule has 3 nitrogen and oxygen atoms in total. The molecule has 1 fully saturated rings. The quantitative estimate of drug-likeness (QED) is 0.760. The second-order valence-corrected chi connectivity index (χ2v) is 5.26. The zero-order valence-electron chi connectivity index (χ0n) is 11.0. The standard InChI is InChI=1S/C12H27N3/c1-6-10(2)15(5)12(8-13)7-11(3)14(4)9-12/h10-11H,6-9,13H2,1-5H3. The Morgan fingerprint density at radius 2 is 2.20 bits per heavy atom. The van der Waals surface area contributed by atoms with Gasteiger partial charge < -0.3 is 10.6 Å². The van der Waals surface area contributed by atoms with E-state index < -0.39 is 0 Å². The van der Waals surface area contributed by atoms with E-state index in [-0.39, 0.29) is 5.54 Å². The minimum Gasteiger partial charge on any atom is -0.329 e. The Hall–Kier alpha value is -0.120. The van der Waals surface area contributed by atoms with Gasteiger partial charge in [0.1, 0.15) is 0 Å². The molecule has 1 rings (SSSR count). The third kappa shape index (κ3) is 2.35. The van der Waals surface area contributed by atoms with Crippen molar-refractivity contribution < 1.29 is 0 Å². The van der Waals surface area contributed by atoms with Crippen LogP contribution in [-0.2, 0) is 0 Å². The summed E-state index contributed by atoms with van der Waals surface area (Å²) < 4.78 is 0. The minimum atomic E-state index is 0.198. The van der Waals surface area contributed by atoms with Crippen LogP contribution in [0.2, 0.25) is 0 Å². The van der Waals surface area contributed by atoms with Crippen molar-refractivity contribution in [3.8, 4) is 0 Å². The summed E-state index contributed by atoms with van der Waals surface area (Å²) in [6, 6.07) is 1.27. The fourth-order valence-corrected chi connectivity index (χ4v) is 2.68. The third-order valence-electron chi connectivity index (χ3n) is 4.35. The summed E-state index contributed by atoms with van der Waals surface area (Å²) in [7, 11) is 4.43. The highest BCUT2D eigenvalue weighted by Crippen LogP contribution is 2.31.